The summed E-state index contributed by atoms with van der Waals surface area (Å²) in [6, 6.07) is 5.95. The van der Waals surface area contributed by atoms with Gasteiger partial charge in [-0.25, -0.2) is 0 Å². The van der Waals surface area contributed by atoms with Crippen LogP contribution < -0.4 is 10.1 Å². The van der Waals surface area contributed by atoms with Gasteiger partial charge in [-0.1, -0.05) is 12.1 Å². The number of hydrogen-bond acceptors (Lipinski definition) is 3. The molecule has 0 saturated heterocycles. The standard InChI is InChI=1S/C14H21NO3/c1-11-5-6-12(2)13(9-11)18-10-14(16)15-7-4-8-17-3/h5-6,9H,4,7-8,10H2,1-3H3,(H,15,16). The molecule has 1 aromatic carbocycles. The second kappa shape index (κ2) is 7.71. The van der Waals surface area contributed by atoms with E-state index in [0.717, 1.165) is 23.3 Å². The van der Waals surface area contributed by atoms with Crippen molar-refractivity contribution in [2.75, 3.05) is 26.9 Å². The van der Waals surface area contributed by atoms with Crippen molar-refractivity contribution in [2.45, 2.75) is 20.3 Å². The van der Waals surface area contributed by atoms with Crippen LogP contribution in [0.15, 0.2) is 18.2 Å². The maximum Gasteiger partial charge on any atom is 0.257 e. The molecule has 18 heavy (non-hydrogen) atoms. The summed E-state index contributed by atoms with van der Waals surface area (Å²) in [6.45, 7) is 5.28. The van der Waals surface area contributed by atoms with Crippen LogP contribution in [0.5, 0.6) is 5.75 Å². The van der Waals surface area contributed by atoms with Crippen LogP contribution in [-0.2, 0) is 9.53 Å². The molecule has 0 saturated carbocycles. The quantitative estimate of drug-likeness (QED) is 0.752. The Hall–Kier alpha value is -1.55. The SMILES string of the molecule is COCCCNC(=O)COc1cc(C)ccc1C. The van der Waals surface area contributed by atoms with Crippen LogP contribution in [0.1, 0.15) is 17.5 Å². The van der Waals surface area contributed by atoms with Crippen molar-refractivity contribution in [1.82, 2.24) is 5.32 Å². The first-order valence-corrected chi connectivity index (χ1v) is 6.09. The van der Waals surface area contributed by atoms with Crippen molar-refractivity contribution in [3.8, 4) is 5.75 Å². The number of methoxy groups -OCH3 is 1. The van der Waals surface area contributed by atoms with E-state index in [0.29, 0.717) is 13.2 Å². The molecule has 100 valence electrons. The Morgan fingerprint density at radius 3 is 2.83 bits per heavy atom. The molecular weight excluding hydrogens is 230 g/mol. The summed E-state index contributed by atoms with van der Waals surface area (Å²) in [5.41, 5.74) is 2.16. The summed E-state index contributed by atoms with van der Waals surface area (Å²) in [6.07, 6.45) is 0.811. The normalized spacial score (nSPS) is 10.2. The highest BCUT2D eigenvalue weighted by molar-refractivity contribution is 5.77. The highest BCUT2D eigenvalue weighted by Gasteiger charge is 2.04. The number of nitrogens with one attached hydrogen (secondary N) is 1. The molecule has 0 aliphatic heterocycles. The fourth-order valence-electron chi connectivity index (χ4n) is 1.50. The third-order valence-electron chi connectivity index (χ3n) is 2.55. The van der Waals surface area contributed by atoms with E-state index in [1.165, 1.54) is 0 Å². The van der Waals surface area contributed by atoms with Crippen molar-refractivity contribution < 1.29 is 14.3 Å². The molecule has 1 rings (SSSR count). The molecule has 0 aliphatic rings. The molecule has 0 spiro atoms. The summed E-state index contributed by atoms with van der Waals surface area (Å²) in [5, 5.41) is 2.78. The van der Waals surface area contributed by atoms with Gasteiger partial charge in [-0.05, 0) is 37.5 Å². The second-order valence-electron chi connectivity index (χ2n) is 4.25. The number of rotatable bonds is 7. The van der Waals surface area contributed by atoms with Crippen LogP contribution in [0.2, 0.25) is 0 Å². The summed E-state index contributed by atoms with van der Waals surface area (Å²) < 4.78 is 10.4. The van der Waals surface area contributed by atoms with Crippen LogP contribution in [-0.4, -0.2) is 32.8 Å². The van der Waals surface area contributed by atoms with Crippen molar-refractivity contribution in [3.63, 3.8) is 0 Å². The number of benzene rings is 1. The lowest BCUT2D eigenvalue weighted by Crippen LogP contribution is -2.30. The van der Waals surface area contributed by atoms with Gasteiger partial charge in [0.1, 0.15) is 5.75 Å². The zero-order valence-electron chi connectivity index (χ0n) is 11.3. The highest BCUT2D eigenvalue weighted by atomic mass is 16.5. The summed E-state index contributed by atoms with van der Waals surface area (Å²) in [4.78, 5) is 11.5. The van der Waals surface area contributed by atoms with Gasteiger partial charge in [0.25, 0.3) is 5.91 Å². The molecule has 0 aromatic heterocycles. The highest BCUT2D eigenvalue weighted by Crippen LogP contribution is 2.18. The lowest BCUT2D eigenvalue weighted by atomic mass is 10.1. The molecule has 0 unspecified atom stereocenters. The van der Waals surface area contributed by atoms with E-state index < -0.39 is 0 Å². The number of aryl methyl sites for hydroxylation is 2. The largest absolute Gasteiger partial charge is 0.483 e. The van der Waals surface area contributed by atoms with Crippen molar-refractivity contribution in [2.24, 2.45) is 0 Å². The van der Waals surface area contributed by atoms with Gasteiger partial charge in [0.15, 0.2) is 6.61 Å². The maximum atomic E-state index is 11.5. The fourth-order valence-corrected chi connectivity index (χ4v) is 1.50. The second-order valence-corrected chi connectivity index (χ2v) is 4.25. The minimum Gasteiger partial charge on any atom is -0.483 e. The zero-order valence-corrected chi connectivity index (χ0v) is 11.3. The van der Waals surface area contributed by atoms with Crippen LogP contribution in [0.25, 0.3) is 0 Å². The van der Waals surface area contributed by atoms with Crippen molar-refractivity contribution in [3.05, 3.63) is 29.3 Å². The first-order chi connectivity index (χ1) is 8.63. The number of hydrogen-bond donors (Lipinski definition) is 1. The molecule has 4 heteroatoms. The van der Waals surface area contributed by atoms with E-state index in [2.05, 4.69) is 5.32 Å². The van der Waals surface area contributed by atoms with Gasteiger partial charge in [-0.3, -0.25) is 4.79 Å². The van der Waals surface area contributed by atoms with Crippen molar-refractivity contribution >= 4 is 5.91 Å². The molecule has 1 amide bonds. The first-order valence-electron chi connectivity index (χ1n) is 6.09. The average molecular weight is 251 g/mol. The van der Waals surface area contributed by atoms with E-state index >= 15 is 0 Å². The molecule has 0 bridgehead atoms. The molecular formula is C14H21NO3. The lowest BCUT2D eigenvalue weighted by Gasteiger charge is -2.10. The minimum atomic E-state index is -0.105. The maximum absolute atomic E-state index is 11.5. The lowest BCUT2D eigenvalue weighted by molar-refractivity contribution is -0.123. The van der Waals surface area contributed by atoms with Crippen LogP contribution >= 0.6 is 0 Å². The van der Waals surface area contributed by atoms with E-state index in [4.69, 9.17) is 9.47 Å². The summed E-state index contributed by atoms with van der Waals surface area (Å²) in [7, 11) is 1.64. The van der Waals surface area contributed by atoms with Crippen LogP contribution in [0.3, 0.4) is 0 Å². The monoisotopic (exact) mass is 251 g/mol. The Morgan fingerprint density at radius 1 is 1.33 bits per heavy atom. The van der Waals surface area contributed by atoms with Gasteiger partial charge >= 0.3 is 0 Å². The Labute approximate surface area is 108 Å². The number of carbonyl (C=O) groups is 1. The molecule has 0 radical (unpaired) electrons. The first kappa shape index (κ1) is 14.5. The van der Waals surface area contributed by atoms with E-state index in [-0.39, 0.29) is 12.5 Å². The molecule has 1 N–H and O–H groups in total. The smallest absolute Gasteiger partial charge is 0.257 e. The van der Waals surface area contributed by atoms with Gasteiger partial charge in [0.2, 0.25) is 0 Å². The average Bonchev–Trinajstić information content (AvgIpc) is 2.36. The van der Waals surface area contributed by atoms with Gasteiger partial charge in [-0.15, -0.1) is 0 Å². The Kier molecular flexibility index (Phi) is 6.22. The predicted octanol–water partition coefficient (Wildman–Crippen LogP) is 1.83. The summed E-state index contributed by atoms with van der Waals surface area (Å²) in [5.74, 6) is 0.661. The van der Waals surface area contributed by atoms with E-state index in [9.17, 15) is 4.79 Å². The van der Waals surface area contributed by atoms with E-state index in [1.807, 2.05) is 32.0 Å². The van der Waals surface area contributed by atoms with Gasteiger partial charge in [0.05, 0.1) is 0 Å². The van der Waals surface area contributed by atoms with Crippen LogP contribution in [0, 0.1) is 13.8 Å². The van der Waals surface area contributed by atoms with Gasteiger partial charge in [-0.2, -0.15) is 0 Å². The predicted molar refractivity (Wildman–Crippen MR) is 70.9 cm³/mol. The molecule has 0 atom stereocenters. The number of ether oxygens (including phenoxy) is 2. The molecule has 4 nitrogen and oxygen atoms in total. The van der Waals surface area contributed by atoms with Crippen LogP contribution in [0.4, 0.5) is 0 Å². The van der Waals surface area contributed by atoms with Gasteiger partial charge in [0, 0.05) is 20.3 Å². The molecule has 1 aromatic rings. The minimum absolute atomic E-state index is 0.0529. The zero-order chi connectivity index (χ0) is 13.4. The topological polar surface area (TPSA) is 47.6 Å². The molecule has 0 heterocycles. The van der Waals surface area contributed by atoms with Gasteiger partial charge < -0.3 is 14.8 Å². The fraction of sp³-hybridized carbons (Fsp3) is 0.500. The Bertz CT molecular complexity index is 391. The van der Waals surface area contributed by atoms with Crippen molar-refractivity contribution in [1.29, 1.82) is 0 Å². The molecule has 0 aliphatic carbocycles. The third kappa shape index (κ3) is 5.19. The summed E-state index contributed by atoms with van der Waals surface area (Å²) >= 11 is 0. The third-order valence-corrected chi connectivity index (χ3v) is 2.55. The number of carbonyl (C=O) groups excluding carboxylic acids is 1. The molecule has 0 fully saturated rings. The Morgan fingerprint density at radius 2 is 2.11 bits per heavy atom. The van der Waals surface area contributed by atoms with E-state index in [1.54, 1.807) is 7.11 Å². The Balaban J connectivity index is 2.31. The number of amides is 1.